The Bertz CT molecular complexity index is 1240. The first-order valence-electron chi connectivity index (χ1n) is 8.56. The Morgan fingerprint density at radius 2 is 1.11 bits per heavy atom. The summed E-state index contributed by atoms with van der Waals surface area (Å²) in [5.74, 6) is 0. The Hall–Kier alpha value is -3.18. The summed E-state index contributed by atoms with van der Waals surface area (Å²) >= 11 is 0. The number of aromatic nitrogens is 3. The molecule has 2 unspecified atom stereocenters. The lowest BCUT2D eigenvalue weighted by Crippen LogP contribution is -2.84. The largest absolute Gasteiger partial charge is 0.340 e. The summed E-state index contributed by atoms with van der Waals surface area (Å²) in [5, 5.41) is 0. The molecule has 12 nitrogen and oxygen atoms in total. The van der Waals surface area contributed by atoms with Crippen molar-refractivity contribution in [3.05, 3.63) is 31.5 Å². The normalized spacial score (nSPS) is 34.7. The molecule has 1 aromatic rings. The van der Waals surface area contributed by atoms with Crippen LogP contribution in [0.15, 0.2) is 14.4 Å². The maximum absolute atomic E-state index is 13.2. The minimum Gasteiger partial charge on any atom is -0.247 e. The fourth-order valence-electron chi connectivity index (χ4n) is 6.43. The van der Waals surface area contributed by atoms with Gasteiger partial charge in [0, 0.05) is 0 Å². The van der Waals surface area contributed by atoms with Crippen molar-refractivity contribution in [3.8, 4) is 0 Å². The number of amides is 6. The van der Waals surface area contributed by atoms with E-state index in [1.165, 1.54) is 0 Å². The van der Waals surface area contributed by atoms with E-state index in [0.717, 1.165) is 28.4 Å². The van der Waals surface area contributed by atoms with Gasteiger partial charge >= 0.3 is 35.2 Å². The molecule has 3 fully saturated rings. The molecule has 1 spiro atoms. The maximum atomic E-state index is 13.2. The second-order valence-corrected chi connectivity index (χ2v) is 8.18. The van der Waals surface area contributed by atoms with Crippen LogP contribution in [-0.2, 0) is 16.7 Å². The van der Waals surface area contributed by atoms with E-state index >= 15 is 0 Å². The minimum absolute atomic E-state index is 0.109. The van der Waals surface area contributed by atoms with Gasteiger partial charge in [0.1, 0.15) is 5.54 Å². The lowest BCUT2D eigenvalue weighted by atomic mass is 9.65. The number of hydrogen-bond donors (Lipinski definition) is 0. The molecule has 27 heavy (non-hydrogen) atoms. The molecular formula is C15H14N6O6. The molecule has 12 heteroatoms. The lowest BCUT2D eigenvalue weighted by molar-refractivity contribution is -0.149. The molecule has 0 radical (unpaired) electrons. The smallest absolute Gasteiger partial charge is 0.247 e. The van der Waals surface area contributed by atoms with Crippen LogP contribution in [0.5, 0.6) is 0 Å². The van der Waals surface area contributed by atoms with Crippen LogP contribution < -0.4 is 17.1 Å². The van der Waals surface area contributed by atoms with Gasteiger partial charge in [0.25, 0.3) is 0 Å². The fraction of sp³-hybridized carbons (Fsp3) is 0.600. The van der Waals surface area contributed by atoms with E-state index in [2.05, 4.69) is 0 Å². The average molecular weight is 374 g/mol. The molecule has 6 bridgehead atoms. The van der Waals surface area contributed by atoms with Crippen molar-refractivity contribution < 1.29 is 14.4 Å². The summed E-state index contributed by atoms with van der Waals surface area (Å²) in [6.07, 6.45) is 0.109. The molecule has 140 valence electrons. The first-order chi connectivity index (χ1) is 12.5. The van der Waals surface area contributed by atoms with Gasteiger partial charge in [0.15, 0.2) is 5.66 Å². The van der Waals surface area contributed by atoms with Crippen molar-refractivity contribution in [2.75, 3.05) is 0 Å². The zero-order valence-corrected chi connectivity index (χ0v) is 14.8. The summed E-state index contributed by atoms with van der Waals surface area (Å²) in [5.41, 5.74) is -8.53. The summed E-state index contributed by atoms with van der Waals surface area (Å²) in [4.78, 5) is 80.2. The quantitative estimate of drug-likeness (QED) is 0.602. The van der Waals surface area contributed by atoms with E-state index in [1.54, 1.807) is 27.7 Å². The number of urea groups is 3. The van der Waals surface area contributed by atoms with Gasteiger partial charge in [-0.25, -0.2) is 57.2 Å². The minimum atomic E-state index is -1.81. The van der Waals surface area contributed by atoms with E-state index in [1.807, 2.05) is 0 Å². The number of carbonyl (C=O) groups is 3. The monoisotopic (exact) mass is 374 g/mol. The van der Waals surface area contributed by atoms with Crippen LogP contribution in [0.4, 0.5) is 14.4 Å². The van der Waals surface area contributed by atoms with Crippen molar-refractivity contribution in [2.45, 2.75) is 56.5 Å². The van der Waals surface area contributed by atoms with E-state index in [9.17, 15) is 28.8 Å². The van der Waals surface area contributed by atoms with Crippen molar-refractivity contribution >= 4 is 18.1 Å². The van der Waals surface area contributed by atoms with Crippen LogP contribution in [0.2, 0.25) is 0 Å². The van der Waals surface area contributed by atoms with Gasteiger partial charge in [-0.15, -0.1) is 0 Å². The molecule has 7 rings (SSSR count). The molecule has 0 aliphatic carbocycles. The van der Waals surface area contributed by atoms with E-state index in [4.69, 9.17) is 0 Å². The third-order valence-electron chi connectivity index (χ3n) is 7.61. The molecule has 6 aliphatic heterocycles. The number of nitrogens with zero attached hydrogens (tertiary/aromatic N) is 6. The van der Waals surface area contributed by atoms with Crippen molar-refractivity contribution in [2.24, 2.45) is 0 Å². The molecule has 6 amide bonds. The first kappa shape index (κ1) is 14.9. The van der Waals surface area contributed by atoms with Crippen LogP contribution in [-0.4, -0.2) is 52.2 Å². The molecule has 3 saturated heterocycles. The fourth-order valence-corrected chi connectivity index (χ4v) is 6.43. The Morgan fingerprint density at radius 3 is 1.63 bits per heavy atom. The summed E-state index contributed by atoms with van der Waals surface area (Å²) in [6, 6.07) is -2.51. The van der Waals surface area contributed by atoms with Gasteiger partial charge in [0.2, 0.25) is 5.66 Å². The molecule has 7 heterocycles. The molecule has 0 N–H and O–H groups in total. The van der Waals surface area contributed by atoms with E-state index in [-0.39, 0.29) is 6.42 Å². The Balaban J connectivity index is 1.91. The average Bonchev–Trinajstić information content (AvgIpc) is 3.00. The summed E-state index contributed by atoms with van der Waals surface area (Å²) in [7, 11) is 0. The van der Waals surface area contributed by atoms with Crippen LogP contribution in [0, 0.1) is 0 Å². The molecule has 0 saturated carbocycles. The molecule has 2 atom stereocenters. The Kier molecular flexibility index (Phi) is 1.80. The Morgan fingerprint density at radius 1 is 0.667 bits per heavy atom. The summed E-state index contributed by atoms with van der Waals surface area (Å²) < 4.78 is 2.76. The predicted octanol–water partition coefficient (Wildman–Crippen LogP) is -1.28. The zero-order valence-electron chi connectivity index (χ0n) is 14.8. The highest BCUT2D eigenvalue weighted by atomic mass is 16.3. The van der Waals surface area contributed by atoms with Gasteiger partial charge in [-0.1, -0.05) is 6.92 Å². The number of hydrogen-bond acceptors (Lipinski definition) is 6. The second kappa shape index (κ2) is 3.25. The SMILES string of the molecule is CCC12N3C(=O)N1C(=O)N(C3=O)C21n2c(=O)n3c(=O)n(c2=O)C1(C)C3(C)C. The third kappa shape index (κ3) is 0.805. The standard InChI is InChI=1S/C15H14N6O6/c1-5-14-15(21-10(26)18(14)9(25)19(14)11(21)27)13(4)12(2,3)16-6(22)17(13)8(24)20(15)7(16)23/h5H2,1-4H3. The zero-order chi connectivity index (χ0) is 19.6. The van der Waals surface area contributed by atoms with Crippen molar-refractivity contribution in [1.29, 1.82) is 0 Å². The van der Waals surface area contributed by atoms with Gasteiger partial charge in [-0.2, -0.15) is 0 Å². The van der Waals surface area contributed by atoms with Crippen molar-refractivity contribution in [3.63, 3.8) is 0 Å². The molecule has 0 aromatic carbocycles. The van der Waals surface area contributed by atoms with Crippen LogP contribution in [0.3, 0.4) is 0 Å². The van der Waals surface area contributed by atoms with E-state index in [0.29, 0.717) is 0 Å². The predicted molar refractivity (Wildman–Crippen MR) is 84.9 cm³/mol. The van der Waals surface area contributed by atoms with Gasteiger partial charge in [-0.3, -0.25) is 0 Å². The lowest BCUT2D eigenvalue weighted by Gasteiger charge is -2.59. The summed E-state index contributed by atoms with van der Waals surface area (Å²) in [6.45, 7) is 6.51. The second-order valence-electron chi connectivity index (χ2n) is 8.18. The Labute approximate surface area is 149 Å². The topological polar surface area (TPSA) is 127 Å². The van der Waals surface area contributed by atoms with Crippen LogP contribution >= 0.6 is 0 Å². The third-order valence-corrected chi connectivity index (χ3v) is 7.61. The molecule has 1 aromatic heterocycles. The first-order valence-corrected chi connectivity index (χ1v) is 8.56. The highest BCUT2D eigenvalue weighted by molar-refractivity contribution is 6.21. The highest BCUT2D eigenvalue weighted by Crippen LogP contribution is 2.69. The molecular weight excluding hydrogens is 360 g/mol. The van der Waals surface area contributed by atoms with Crippen molar-refractivity contribution in [1.82, 2.24) is 28.4 Å². The van der Waals surface area contributed by atoms with Crippen LogP contribution in [0.25, 0.3) is 0 Å². The van der Waals surface area contributed by atoms with Crippen LogP contribution in [0.1, 0.15) is 34.1 Å². The number of imide groups is 3. The number of rotatable bonds is 1. The maximum Gasteiger partial charge on any atom is 0.340 e. The molecule has 6 aliphatic rings. The van der Waals surface area contributed by atoms with Gasteiger partial charge < -0.3 is 0 Å². The van der Waals surface area contributed by atoms with E-state index < -0.39 is 57.6 Å². The van der Waals surface area contributed by atoms with Gasteiger partial charge in [0.05, 0.1) is 5.54 Å². The number of carbonyl (C=O) groups excluding carboxylic acids is 3. The highest BCUT2D eigenvalue weighted by Gasteiger charge is 2.96. The van der Waals surface area contributed by atoms with Gasteiger partial charge in [-0.05, 0) is 27.2 Å².